The maximum Gasteiger partial charge on any atom is 0.310 e. The average Bonchev–Trinajstić information content (AvgIpc) is 2.30. The second kappa shape index (κ2) is 6.43. The van der Waals surface area contributed by atoms with E-state index in [9.17, 15) is 15.0 Å². The molecular formula is C14H20O5. The Bertz CT molecular complexity index is 439. The highest BCUT2D eigenvalue weighted by atomic mass is 16.6. The van der Waals surface area contributed by atoms with Crippen LogP contribution in [-0.2, 0) is 20.7 Å². The molecule has 0 aliphatic carbocycles. The summed E-state index contributed by atoms with van der Waals surface area (Å²) in [7, 11) is 1.59. The minimum Gasteiger partial charge on any atom is -0.504 e. The smallest absolute Gasteiger partial charge is 0.310 e. The average molecular weight is 268 g/mol. The van der Waals surface area contributed by atoms with Crippen molar-refractivity contribution in [2.24, 2.45) is 0 Å². The fourth-order valence-corrected chi connectivity index (χ4v) is 1.59. The third kappa shape index (κ3) is 5.18. The van der Waals surface area contributed by atoms with E-state index in [1.165, 1.54) is 12.1 Å². The zero-order valence-electron chi connectivity index (χ0n) is 11.5. The third-order valence-electron chi connectivity index (χ3n) is 2.69. The number of ether oxygens (including phenoxy) is 2. The number of esters is 1. The molecule has 0 spiro atoms. The van der Waals surface area contributed by atoms with Gasteiger partial charge in [0.1, 0.15) is 5.60 Å². The SMILES string of the molecule is COCCC(C)(C)OC(=O)Cc1ccc(O)c(O)c1. The predicted molar refractivity (Wildman–Crippen MR) is 70.1 cm³/mol. The third-order valence-corrected chi connectivity index (χ3v) is 2.69. The monoisotopic (exact) mass is 268 g/mol. The van der Waals surface area contributed by atoms with Crippen LogP contribution in [0, 0.1) is 0 Å². The molecule has 2 N–H and O–H groups in total. The van der Waals surface area contributed by atoms with Crippen LogP contribution in [0.25, 0.3) is 0 Å². The van der Waals surface area contributed by atoms with Crippen molar-refractivity contribution >= 4 is 5.97 Å². The van der Waals surface area contributed by atoms with Gasteiger partial charge in [0.05, 0.1) is 6.42 Å². The zero-order valence-corrected chi connectivity index (χ0v) is 11.5. The fourth-order valence-electron chi connectivity index (χ4n) is 1.59. The van der Waals surface area contributed by atoms with Crippen LogP contribution < -0.4 is 0 Å². The van der Waals surface area contributed by atoms with Crippen molar-refractivity contribution in [3.63, 3.8) is 0 Å². The summed E-state index contributed by atoms with van der Waals surface area (Å²) in [6.45, 7) is 4.15. The van der Waals surface area contributed by atoms with E-state index in [0.717, 1.165) is 0 Å². The molecule has 0 aliphatic heterocycles. The van der Waals surface area contributed by atoms with E-state index in [4.69, 9.17) is 9.47 Å². The van der Waals surface area contributed by atoms with Gasteiger partial charge in [-0.1, -0.05) is 6.07 Å². The molecule has 0 fully saturated rings. The molecule has 5 nitrogen and oxygen atoms in total. The number of methoxy groups -OCH3 is 1. The summed E-state index contributed by atoms with van der Waals surface area (Å²) < 4.78 is 10.3. The Labute approximate surface area is 112 Å². The lowest BCUT2D eigenvalue weighted by Gasteiger charge is -2.24. The molecule has 106 valence electrons. The van der Waals surface area contributed by atoms with Gasteiger partial charge in [0, 0.05) is 20.1 Å². The number of carbonyl (C=O) groups excluding carboxylic acids is 1. The largest absolute Gasteiger partial charge is 0.504 e. The fraction of sp³-hybridized carbons (Fsp3) is 0.500. The number of rotatable bonds is 6. The molecule has 1 aromatic carbocycles. The summed E-state index contributed by atoms with van der Waals surface area (Å²) in [6, 6.07) is 4.26. The predicted octanol–water partition coefficient (Wildman–Crippen LogP) is 2.00. The topological polar surface area (TPSA) is 76.0 Å². The number of hydrogen-bond acceptors (Lipinski definition) is 5. The number of carbonyl (C=O) groups is 1. The minimum atomic E-state index is -0.591. The van der Waals surface area contributed by atoms with Gasteiger partial charge in [-0.15, -0.1) is 0 Å². The summed E-state index contributed by atoms with van der Waals surface area (Å²) in [4.78, 5) is 11.8. The maximum atomic E-state index is 11.8. The molecule has 0 saturated heterocycles. The molecule has 0 aliphatic rings. The molecule has 0 amide bonds. The second-order valence-corrected chi connectivity index (χ2v) is 4.98. The van der Waals surface area contributed by atoms with Crippen LogP contribution in [0.3, 0.4) is 0 Å². The number of phenols is 2. The lowest BCUT2D eigenvalue weighted by molar-refractivity contribution is -0.157. The van der Waals surface area contributed by atoms with Crippen LogP contribution in [0.2, 0.25) is 0 Å². The molecule has 1 aromatic rings. The van der Waals surface area contributed by atoms with Crippen molar-refractivity contribution in [1.29, 1.82) is 0 Å². The first kappa shape index (κ1) is 15.3. The van der Waals surface area contributed by atoms with E-state index in [1.54, 1.807) is 13.2 Å². The van der Waals surface area contributed by atoms with Gasteiger partial charge in [0.2, 0.25) is 0 Å². The molecule has 0 aromatic heterocycles. The number of benzene rings is 1. The molecular weight excluding hydrogens is 248 g/mol. The van der Waals surface area contributed by atoms with Crippen molar-refractivity contribution in [3.05, 3.63) is 23.8 Å². The van der Waals surface area contributed by atoms with Crippen LogP contribution in [0.1, 0.15) is 25.8 Å². The van der Waals surface area contributed by atoms with Gasteiger partial charge in [-0.2, -0.15) is 0 Å². The zero-order chi connectivity index (χ0) is 14.5. The molecule has 19 heavy (non-hydrogen) atoms. The number of aromatic hydroxyl groups is 2. The van der Waals surface area contributed by atoms with Crippen LogP contribution in [0.4, 0.5) is 0 Å². The van der Waals surface area contributed by atoms with Crippen molar-refractivity contribution < 1.29 is 24.5 Å². The highest BCUT2D eigenvalue weighted by molar-refractivity contribution is 5.73. The highest BCUT2D eigenvalue weighted by Crippen LogP contribution is 2.25. The molecule has 0 bridgehead atoms. The van der Waals surface area contributed by atoms with Gasteiger partial charge in [-0.25, -0.2) is 0 Å². The normalized spacial score (nSPS) is 11.3. The Morgan fingerprint density at radius 2 is 1.95 bits per heavy atom. The Morgan fingerprint density at radius 3 is 2.53 bits per heavy atom. The standard InChI is InChI=1S/C14H20O5/c1-14(2,6-7-18-3)19-13(17)9-10-4-5-11(15)12(16)8-10/h4-5,8,15-16H,6-7,9H2,1-3H3. The van der Waals surface area contributed by atoms with Gasteiger partial charge in [0.15, 0.2) is 11.5 Å². The van der Waals surface area contributed by atoms with Crippen molar-refractivity contribution in [1.82, 2.24) is 0 Å². The van der Waals surface area contributed by atoms with E-state index in [-0.39, 0.29) is 23.9 Å². The Kier molecular flexibility index (Phi) is 5.18. The van der Waals surface area contributed by atoms with E-state index >= 15 is 0 Å². The van der Waals surface area contributed by atoms with Crippen LogP contribution in [0.5, 0.6) is 11.5 Å². The van der Waals surface area contributed by atoms with Crippen LogP contribution in [0.15, 0.2) is 18.2 Å². The molecule has 0 saturated carbocycles. The van der Waals surface area contributed by atoms with E-state index in [1.807, 2.05) is 13.8 Å². The van der Waals surface area contributed by atoms with Crippen molar-refractivity contribution in [2.75, 3.05) is 13.7 Å². The van der Waals surface area contributed by atoms with Crippen LogP contribution >= 0.6 is 0 Å². The summed E-state index contributed by atoms with van der Waals surface area (Å²) in [6.07, 6.45) is 0.653. The second-order valence-electron chi connectivity index (χ2n) is 4.98. The van der Waals surface area contributed by atoms with Crippen molar-refractivity contribution in [3.8, 4) is 11.5 Å². The Balaban J connectivity index is 2.57. The quantitative estimate of drug-likeness (QED) is 0.609. The Hall–Kier alpha value is -1.75. The van der Waals surface area contributed by atoms with Crippen molar-refractivity contribution in [2.45, 2.75) is 32.3 Å². The Morgan fingerprint density at radius 1 is 1.26 bits per heavy atom. The van der Waals surface area contributed by atoms with Crippen LogP contribution in [-0.4, -0.2) is 35.5 Å². The molecule has 0 unspecified atom stereocenters. The summed E-state index contributed by atoms with van der Waals surface area (Å²) in [5.41, 5.74) is -0.00525. The lowest BCUT2D eigenvalue weighted by Crippen LogP contribution is -2.30. The maximum absolute atomic E-state index is 11.8. The van der Waals surface area contributed by atoms with Gasteiger partial charge in [0.25, 0.3) is 0 Å². The van der Waals surface area contributed by atoms with E-state index < -0.39 is 5.60 Å². The summed E-state index contributed by atoms with van der Waals surface area (Å²) in [5.74, 6) is -0.840. The summed E-state index contributed by atoms with van der Waals surface area (Å²) >= 11 is 0. The van der Waals surface area contributed by atoms with E-state index in [2.05, 4.69) is 0 Å². The first-order valence-electron chi connectivity index (χ1n) is 6.06. The molecule has 0 heterocycles. The molecule has 0 atom stereocenters. The first-order valence-corrected chi connectivity index (χ1v) is 6.06. The highest BCUT2D eigenvalue weighted by Gasteiger charge is 2.22. The lowest BCUT2D eigenvalue weighted by atomic mass is 10.1. The van der Waals surface area contributed by atoms with E-state index in [0.29, 0.717) is 18.6 Å². The van der Waals surface area contributed by atoms with Gasteiger partial charge >= 0.3 is 5.97 Å². The molecule has 1 rings (SSSR count). The molecule has 5 heteroatoms. The number of hydrogen-bond donors (Lipinski definition) is 2. The van der Waals surface area contributed by atoms with Gasteiger partial charge in [-0.3, -0.25) is 4.79 Å². The number of phenolic OH excluding ortho intramolecular Hbond substituents is 2. The minimum absolute atomic E-state index is 0.0459. The first-order chi connectivity index (χ1) is 8.84. The summed E-state index contributed by atoms with van der Waals surface area (Å²) in [5, 5.41) is 18.5. The van der Waals surface area contributed by atoms with Gasteiger partial charge < -0.3 is 19.7 Å². The molecule has 0 radical (unpaired) electrons. The van der Waals surface area contributed by atoms with Gasteiger partial charge in [-0.05, 0) is 31.5 Å².